The Morgan fingerprint density at radius 2 is 2.19 bits per heavy atom. The third-order valence-electron chi connectivity index (χ3n) is 3.52. The predicted molar refractivity (Wildman–Crippen MR) is 83.2 cm³/mol. The van der Waals surface area contributed by atoms with Gasteiger partial charge in [-0.15, -0.1) is 11.3 Å². The molecule has 0 atom stereocenters. The molecule has 0 fully saturated rings. The lowest BCUT2D eigenvalue weighted by Crippen LogP contribution is -1.92. The molecule has 0 saturated heterocycles. The van der Waals surface area contributed by atoms with Crippen LogP contribution in [-0.4, -0.2) is 24.7 Å². The lowest BCUT2D eigenvalue weighted by atomic mass is 10.1. The zero-order valence-corrected chi connectivity index (χ0v) is 12.3. The molecule has 0 amide bonds. The minimum Gasteiger partial charge on any atom is -0.334 e. The summed E-state index contributed by atoms with van der Waals surface area (Å²) in [5.41, 5.74) is 3.16. The van der Waals surface area contributed by atoms with Crippen LogP contribution in [0, 0.1) is 0 Å². The molecule has 0 saturated carbocycles. The van der Waals surface area contributed by atoms with Crippen LogP contribution in [0.5, 0.6) is 0 Å². The fourth-order valence-electron chi connectivity index (χ4n) is 2.47. The fourth-order valence-corrected chi connectivity index (χ4v) is 3.10. The summed E-state index contributed by atoms with van der Waals surface area (Å²) in [6.45, 7) is 0. The number of nitrogens with one attached hydrogen (secondary N) is 1. The number of aryl methyl sites for hydroxylation is 1. The monoisotopic (exact) mass is 295 g/mol. The van der Waals surface area contributed by atoms with Crippen LogP contribution in [0.1, 0.15) is 10.7 Å². The fraction of sp³-hybridized carbons (Fsp3) is 0.133. The first-order chi connectivity index (χ1) is 10.3. The van der Waals surface area contributed by atoms with Crippen molar-refractivity contribution in [2.75, 3.05) is 0 Å². The molecule has 6 heteroatoms. The maximum Gasteiger partial charge on any atom is 0.139 e. The number of imidazole rings is 1. The highest BCUT2D eigenvalue weighted by Crippen LogP contribution is 2.25. The Morgan fingerprint density at radius 3 is 2.95 bits per heavy atom. The molecular formula is C15H13N5S. The predicted octanol–water partition coefficient (Wildman–Crippen LogP) is 3.01. The minimum atomic E-state index is 0.776. The molecular weight excluding hydrogens is 282 g/mol. The summed E-state index contributed by atoms with van der Waals surface area (Å²) >= 11 is 1.66. The molecule has 0 unspecified atom stereocenters. The lowest BCUT2D eigenvalue weighted by molar-refractivity contribution is 0.925. The van der Waals surface area contributed by atoms with E-state index in [1.54, 1.807) is 11.3 Å². The van der Waals surface area contributed by atoms with E-state index in [1.165, 1.54) is 0 Å². The first kappa shape index (κ1) is 12.3. The first-order valence-electron chi connectivity index (χ1n) is 6.64. The number of benzene rings is 1. The molecule has 21 heavy (non-hydrogen) atoms. The molecule has 0 aliphatic rings. The number of hydrogen-bond acceptors (Lipinski definition) is 4. The van der Waals surface area contributed by atoms with Crippen LogP contribution in [0.25, 0.3) is 22.3 Å². The van der Waals surface area contributed by atoms with Gasteiger partial charge in [0.1, 0.15) is 5.82 Å². The lowest BCUT2D eigenvalue weighted by Gasteiger charge is -2.02. The SMILES string of the molecule is Cn1ccnc1-c1ccc2n[nH]c(Cc3nccs3)c2c1. The number of rotatable bonds is 3. The van der Waals surface area contributed by atoms with Crippen molar-refractivity contribution in [3.8, 4) is 11.4 Å². The number of hydrogen-bond donors (Lipinski definition) is 1. The van der Waals surface area contributed by atoms with Crippen LogP contribution in [0.2, 0.25) is 0 Å². The summed E-state index contributed by atoms with van der Waals surface area (Å²) in [5.74, 6) is 0.957. The van der Waals surface area contributed by atoms with E-state index in [1.807, 2.05) is 41.7 Å². The highest BCUT2D eigenvalue weighted by molar-refractivity contribution is 7.09. The summed E-state index contributed by atoms with van der Waals surface area (Å²) in [6.07, 6.45) is 6.37. The Hall–Kier alpha value is -2.47. The second-order valence-corrected chi connectivity index (χ2v) is 5.88. The van der Waals surface area contributed by atoms with Gasteiger partial charge in [-0.05, 0) is 18.2 Å². The van der Waals surface area contributed by atoms with Crippen LogP contribution < -0.4 is 0 Å². The van der Waals surface area contributed by atoms with Gasteiger partial charge in [0.2, 0.25) is 0 Å². The number of fused-ring (bicyclic) bond motifs is 1. The van der Waals surface area contributed by atoms with Gasteiger partial charge in [-0.25, -0.2) is 9.97 Å². The molecule has 0 aliphatic carbocycles. The molecule has 5 nitrogen and oxygen atoms in total. The van der Waals surface area contributed by atoms with Crippen LogP contribution in [-0.2, 0) is 13.5 Å². The average molecular weight is 295 g/mol. The van der Waals surface area contributed by atoms with Crippen molar-refractivity contribution in [2.45, 2.75) is 6.42 Å². The second kappa shape index (κ2) is 4.82. The van der Waals surface area contributed by atoms with E-state index in [2.05, 4.69) is 32.3 Å². The minimum absolute atomic E-state index is 0.776. The van der Waals surface area contributed by atoms with E-state index < -0.39 is 0 Å². The summed E-state index contributed by atoms with van der Waals surface area (Å²) in [5, 5.41) is 11.7. The number of nitrogens with zero attached hydrogens (tertiary/aromatic N) is 4. The van der Waals surface area contributed by atoms with E-state index in [0.717, 1.165) is 39.4 Å². The Morgan fingerprint density at radius 1 is 1.24 bits per heavy atom. The van der Waals surface area contributed by atoms with Gasteiger partial charge in [-0.3, -0.25) is 5.10 Å². The Labute approximate surface area is 125 Å². The average Bonchev–Trinajstić information content (AvgIpc) is 3.21. The maximum atomic E-state index is 4.40. The van der Waals surface area contributed by atoms with Gasteiger partial charge in [0, 0.05) is 54.1 Å². The standard InChI is InChI=1S/C15H13N5S/c1-20-6-4-17-15(20)10-2-3-12-11(8-10)13(19-18-12)9-14-16-5-7-21-14/h2-8H,9H2,1H3,(H,18,19). The van der Waals surface area contributed by atoms with E-state index in [-0.39, 0.29) is 0 Å². The summed E-state index contributed by atoms with van der Waals surface area (Å²) in [6, 6.07) is 6.23. The van der Waals surface area contributed by atoms with Crippen LogP contribution in [0.15, 0.2) is 42.2 Å². The molecule has 4 aromatic rings. The molecule has 1 aromatic carbocycles. The van der Waals surface area contributed by atoms with Gasteiger partial charge in [-0.1, -0.05) is 0 Å². The molecule has 4 rings (SSSR count). The van der Waals surface area contributed by atoms with Crippen molar-refractivity contribution in [3.63, 3.8) is 0 Å². The van der Waals surface area contributed by atoms with Crippen molar-refractivity contribution in [1.82, 2.24) is 24.7 Å². The Kier molecular flexibility index (Phi) is 2.82. The van der Waals surface area contributed by atoms with E-state index in [4.69, 9.17) is 0 Å². The smallest absolute Gasteiger partial charge is 0.139 e. The third-order valence-corrected chi connectivity index (χ3v) is 4.30. The molecule has 3 aromatic heterocycles. The highest BCUT2D eigenvalue weighted by Gasteiger charge is 2.10. The van der Waals surface area contributed by atoms with Gasteiger partial charge < -0.3 is 4.57 Å². The van der Waals surface area contributed by atoms with E-state index in [0.29, 0.717) is 0 Å². The zero-order chi connectivity index (χ0) is 14.2. The third kappa shape index (κ3) is 2.13. The first-order valence-corrected chi connectivity index (χ1v) is 7.52. The zero-order valence-electron chi connectivity index (χ0n) is 11.4. The van der Waals surface area contributed by atoms with Gasteiger partial charge in [0.15, 0.2) is 0 Å². The van der Waals surface area contributed by atoms with Crippen molar-refractivity contribution in [3.05, 3.63) is 52.9 Å². The maximum absolute atomic E-state index is 4.40. The van der Waals surface area contributed by atoms with Gasteiger partial charge in [0.05, 0.1) is 10.5 Å². The van der Waals surface area contributed by atoms with Gasteiger partial charge >= 0.3 is 0 Å². The van der Waals surface area contributed by atoms with Crippen molar-refractivity contribution in [2.24, 2.45) is 7.05 Å². The number of aromatic nitrogens is 5. The number of thiazole rings is 1. The second-order valence-electron chi connectivity index (χ2n) is 4.90. The molecule has 0 spiro atoms. The molecule has 3 heterocycles. The van der Waals surface area contributed by atoms with E-state index in [9.17, 15) is 0 Å². The van der Waals surface area contributed by atoms with Crippen molar-refractivity contribution in [1.29, 1.82) is 0 Å². The molecule has 0 bridgehead atoms. The highest BCUT2D eigenvalue weighted by atomic mass is 32.1. The molecule has 1 N–H and O–H groups in total. The van der Waals surface area contributed by atoms with Crippen molar-refractivity contribution < 1.29 is 0 Å². The molecule has 0 radical (unpaired) electrons. The number of H-pyrrole nitrogens is 1. The molecule has 104 valence electrons. The normalized spacial score (nSPS) is 11.3. The van der Waals surface area contributed by atoms with Crippen LogP contribution in [0.3, 0.4) is 0 Å². The van der Waals surface area contributed by atoms with Crippen molar-refractivity contribution >= 4 is 22.2 Å². The van der Waals surface area contributed by atoms with Crippen LogP contribution in [0.4, 0.5) is 0 Å². The summed E-state index contributed by atoms with van der Waals surface area (Å²) < 4.78 is 2.02. The Balaban J connectivity index is 1.81. The van der Waals surface area contributed by atoms with Crippen LogP contribution >= 0.6 is 11.3 Å². The topological polar surface area (TPSA) is 59.4 Å². The van der Waals surface area contributed by atoms with Gasteiger partial charge in [0.25, 0.3) is 0 Å². The largest absolute Gasteiger partial charge is 0.334 e. The Bertz CT molecular complexity index is 888. The van der Waals surface area contributed by atoms with E-state index >= 15 is 0 Å². The summed E-state index contributed by atoms with van der Waals surface area (Å²) in [4.78, 5) is 8.74. The quantitative estimate of drug-likeness (QED) is 0.632. The number of aromatic amines is 1. The van der Waals surface area contributed by atoms with Gasteiger partial charge in [-0.2, -0.15) is 5.10 Å². The molecule has 0 aliphatic heterocycles. The summed E-state index contributed by atoms with van der Waals surface area (Å²) in [7, 11) is 2.00.